The number of pyridine rings is 2. The summed E-state index contributed by atoms with van der Waals surface area (Å²) in [4.78, 5) is 11.0. The fraction of sp³-hybridized carbons (Fsp3) is 0.250. The summed E-state index contributed by atoms with van der Waals surface area (Å²) in [6, 6.07) is 11.6. The van der Waals surface area contributed by atoms with Crippen molar-refractivity contribution < 1.29 is 13.5 Å². The minimum Gasteiger partial charge on any atom is -0.397 e. The maximum Gasteiger partial charge on any atom is 0.126 e. The van der Waals surface area contributed by atoms with Crippen molar-refractivity contribution >= 4 is 22.3 Å². The lowest BCUT2D eigenvalue weighted by Crippen LogP contribution is -2.57. The zero-order valence-electron chi connectivity index (χ0n) is 19.9. The van der Waals surface area contributed by atoms with Gasteiger partial charge in [-0.2, -0.15) is 5.26 Å². The van der Waals surface area contributed by atoms with E-state index in [0.717, 1.165) is 47.7 Å². The SMILES string of the molecule is N#Cc1cncc(-c2ccc3ncc(-c4cc(F)cc(F)c4)c(N4CCC5NCCOC5C4)c3c2)c1N. The Balaban J connectivity index is 1.56. The zero-order chi connectivity index (χ0) is 25.5. The number of nitrogen functional groups attached to an aromatic ring is 1. The molecule has 7 nitrogen and oxygen atoms in total. The number of ether oxygens (including phenoxy) is 1. The highest BCUT2D eigenvalue weighted by Crippen LogP contribution is 2.41. The van der Waals surface area contributed by atoms with Crippen LogP contribution in [0.5, 0.6) is 0 Å². The number of benzene rings is 2. The molecular weight excluding hydrogens is 474 g/mol. The fourth-order valence-electron chi connectivity index (χ4n) is 5.37. The molecule has 4 heterocycles. The summed E-state index contributed by atoms with van der Waals surface area (Å²) in [6.45, 7) is 2.83. The van der Waals surface area contributed by atoms with Crippen molar-refractivity contribution in [3.63, 3.8) is 0 Å². The number of nitrogens with two attached hydrogens (primary N) is 1. The Labute approximate surface area is 212 Å². The summed E-state index contributed by atoms with van der Waals surface area (Å²) in [5, 5.41) is 13.8. The molecule has 2 aliphatic heterocycles. The van der Waals surface area contributed by atoms with Crippen molar-refractivity contribution in [2.45, 2.75) is 18.6 Å². The number of hydrogen-bond donors (Lipinski definition) is 2. The molecule has 2 aromatic carbocycles. The monoisotopic (exact) mass is 498 g/mol. The third-order valence-corrected chi connectivity index (χ3v) is 7.15. The summed E-state index contributed by atoms with van der Waals surface area (Å²) in [6.07, 6.45) is 5.60. The third kappa shape index (κ3) is 4.24. The molecule has 37 heavy (non-hydrogen) atoms. The Kier molecular flexibility index (Phi) is 5.91. The molecule has 0 amide bonds. The molecule has 2 saturated heterocycles. The minimum atomic E-state index is -0.652. The Bertz CT molecular complexity index is 1530. The van der Waals surface area contributed by atoms with Gasteiger partial charge in [0.15, 0.2) is 0 Å². The largest absolute Gasteiger partial charge is 0.397 e. The summed E-state index contributed by atoms with van der Waals surface area (Å²) in [5.41, 5.74) is 10.9. The highest BCUT2D eigenvalue weighted by Gasteiger charge is 2.33. The van der Waals surface area contributed by atoms with E-state index >= 15 is 0 Å². The van der Waals surface area contributed by atoms with Crippen LogP contribution in [0.3, 0.4) is 0 Å². The number of nitrogens with one attached hydrogen (secondary N) is 1. The molecule has 9 heteroatoms. The molecule has 2 fully saturated rings. The van der Waals surface area contributed by atoms with Crippen molar-refractivity contribution in [1.82, 2.24) is 15.3 Å². The van der Waals surface area contributed by atoms with Crippen molar-refractivity contribution in [2.75, 3.05) is 36.9 Å². The van der Waals surface area contributed by atoms with Gasteiger partial charge in [0.05, 0.1) is 35.2 Å². The van der Waals surface area contributed by atoms with Gasteiger partial charge in [0, 0.05) is 66.8 Å². The number of aromatic nitrogens is 2. The highest BCUT2D eigenvalue weighted by molar-refractivity contribution is 6.02. The number of piperidine rings is 1. The van der Waals surface area contributed by atoms with Crippen molar-refractivity contribution in [3.8, 4) is 28.3 Å². The second-order valence-corrected chi connectivity index (χ2v) is 9.38. The highest BCUT2D eigenvalue weighted by atomic mass is 19.1. The van der Waals surface area contributed by atoms with E-state index in [0.29, 0.717) is 41.1 Å². The van der Waals surface area contributed by atoms with E-state index in [-0.39, 0.29) is 12.1 Å². The van der Waals surface area contributed by atoms with E-state index in [9.17, 15) is 14.0 Å². The quantitative estimate of drug-likeness (QED) is 0.435. The van der Waals surface area contributed by atoms with E-state index in [1.807, 2.05) is 18.2 Å². The van der Waals surface area contributed by atoms with Crippen LogP contribution in [0.2, 0.25) is 0 Å². The van der Waals surface area contributed by atoms with Gasteiger partial charge < -0.3 is 20.7 Å². The Hall–Kier alpha value is -4.13. The molecule has 3 N–H and O–H groups in total. The van der Waals surface area contributed by atoms with Gasteiger partial charge in [-0.25, -0.2) is 8.78 Å². The Morgan fingerprint density at radius 2 is 1.89 bits per heavy atom. The van der Waals surface area contributed by atoms with Crippen molar-refractivity contribution in [3.05, 3.63) is 72.2 Å². The molecule has 2 atom stereocenters. The molecule has 6 rings (SSSR count). The van der Waals surface area contributed by atoms with Gasteiger partial charge in [-0.1, -0.05) is 6.07 Å². The molecule has 2 aliphatic rings. The number of halogens is 2. The lowest BCUT2D eigenvalue weighted by molar-refractivity contribution is -0.00896. The van der Waals surface area contributed by atoms with Crippen LogP contribution in [0.4, 0.5) is 20.2 Å². The maximum absolute atomic E-state index is 14.3. The molecule has 2 aromatic heterocycles. The van der Waals surface area contributed by atoms with E-state index in [1.165, 1.54) is 18.3 Å². The standard InChI is InChI=1S/C28H24F2N6O/c29-19-7-17(8-20(30)10-19)23-14-35-24-2-1-16(22-13-33-12-18(11-31)27(22)32)9-21(24)28(23)36-5-3-25-26(15-36)37-6-4-34-25/h1-2,7-10,12-14,25-26,34H,3-6,15H2,(H2,32,33). The number of fused-ring (bicyclic) bond motifs is 2. The van der Waals surface area contributed by atoms with Crippen molar-refractivity contribution in [1.29, 1.82) is 5.26 Å². The van der Waals surface area contributed by atoms with Crippen LogP contribution in [0, 0.1) is 23.0 Å². The van der Waals surface area contributed by atoms with Gasteiger partial charge in [0.1, 0.15) is 17.7 Å². The van der Waals surface area contributed by atoms with Gasteiger partial charge in [0.25, 0.3) is 0 Å². The van der Waals surface area contributed by atoms with E-state index in [1.54, 1.807) is 12.4 Å². The molecular formula is C28H24F2N6O. The first-order valence-electron chi connectivity index (χ1n) is 12.1. The van der Waals surface area contributed by atoms with E-state index in [2.05, 4.69) is 26.3 Å². The molecule has 186 valence electrons. The summed E-state index contributed by atoms with van der Waals surface area (Å²) >= 11 is 0. The Morgan fingerprint density at radius 1 is 1.05 bits per heavy atom. The van der Waals surface area contributed by atoms with Crippen molar-refractivity contribution in [2.24, 2.45) is 0 Å². The summed E-state index contributed by atoms with van der Waals surface area (Å²) in [7, 11) is 0. The fourth-order valence-corrected chi connectivity index (χ4v) is 5.37. The third-order valence-electron chi connectivity index (χ3n) is 7.15. The number of nitrogens with zero attached hydrogens (tertiary/aromatic N) is 4. The zero-order valence-corrected chi connectivity index (χ0v) is 19.9. The van der Waals surface area contributed by atoms with Crippen LogP contribution in [-0.2, 0) is 4.74 Å². The number of anilines is 2. The first kappa shape index (κ1) is 23.3. The van der Waals surface area contributed by atoms with Crippen LogP contribution < -0.4 is 16.0 Å². The molecule has 0 bridgehead atoms. The molecule has 0 saturated carbocycles. The summed E-state index contributed by atoms with van der Waals surface area (Å²) < 4.78 is 34.6. The van der Waals surface area contributed by atoms with E-state index < -0.39 is 11.6 Å². The molecule has 0 spiro atoms. The predicted octanol–water partition coefficient (Wildman–Crippen LogP) is 4.26. The van der Waals surface area contributed by atoms with Gasteiger partial charge >= 0.3 is 0 Å². The van der Waals surface area contributed by atoms with Gasteiger partial charge in [-0.3, -0.25) is 9.97 Å². The number of hydrogen-bond acceptors (Lipinski definition) is 7. The predicted molar refractivity (Wildman–Crippen MR) is 138 cm³/mol. The maximum atomic E-state index is 14.3. The Morgan fingerprint density at radius 3 is 2.70 bits per heavy atom. The second-order valence-electron chi connectivity index (χ2n) is 9.38. The number of rotatable bonds is 3. The number of nitriles is 1. The van der Waals surface area contributed by atoms with E-state index in [4.69, 9.17) is 10.5 Å². The van der Waals surface area contributed by atoms with Gasteiger partial charge in [0.2, 0.25) is 0 Å². The van der Waals surface area contributed by atoms with Crippen LogP contribution in [0.1, 0.15) is 12.0 Å². The summed E-state index contributed by atoms with van der Waals surface area (Å²) in [5.74, 6) is -1.30. The van der Waals surface area contributed by atoms with Gasteiger partial charge in [-0.15, -0.1) is 0 Å². The molecule has 2 unspecified atom stereocenters. The first-order chi connectivity index (χ1) is 18.0. The number of morpholine rings is 1. The van der Waals surface area contributed by atoms with Gasteiger partial charge in [-0.05, 0) is 41.8 Å². The molecule has 4 aromatic rings. The normalized spacial score (nSPS) is 19.4. The smallest absolute Gasteiger partial charge is 0.126 e. The lowest BCUT2D eigenvalue weighted by Gasteiger charge is -2.43. The first-order valence-corrected chi connectivity index (χ1v) is 12.1. The average molecular weight is 499 g/mol. The second kappa shape index (κ2) is 9.39. The molecule has 0 radical (unpaired) electrons. The van der Waals surface area contributed by atoms with Crippen LogP contribution in [0.15, 0.2) is 55.0 Å². The molecule has 0 aliphatic carbocycles. The minimum absolute atomic E-state index is 0.00171. The topological polar surface area (TPSA) is 100 Å². The van der Waals surface area contributed by atoms with Crippen LogP contribution in [0.25, 0.3) is 33.2 Å². The van der Waals surface area contributed by atoms with Crippen LogP contribution >= 0.6 is 0 Å². The lowest BCUT2D eigenvalue weighted by atomic mass is 9.94. The average Bonchev–Trinajstić information content (AvgIpc) is 2.91. The van der Waals surface area contributed by atoms with Crippen LogP contribution in [-0.4, -0.2) is 48.4 Å².